The summed E-state index contributed by atoms with van der Waals surface area (Å²) in [5.41, 5.74) is 1.12. The van der Waals surface area contributed by atoms with E-state index in [1.807, 2.05) is 12.1 Å². The van der Waals surface area contributed by atoms with Crippen molar-refractivity contribution in [1.82, 2.24) is 4.98 Å². The second-order valence-corrected chi connectivity index (χ2v) is 4.44. The van der Waals surface area contributed by atoms with E-state index in [2.05, 4.69) is 26.2 Å². The van der Waals surface area contributed by atoms with Gasteiger partial charge >= 0.3 is 0 Å². The Hall–Kier alpha value is -1.88. The standard InChI is InChI=1S/C13H11BrN2O2/c1-18-13-11(3-2-8-15-13)16-12(17)9-4-6-10(14)7-5-9/h2-8H,1H3,(H,16,17). The predicted octanol–water partition coefficient (Wildman–Crippen LogP) is 3.11. The van der Waals surface area contributed by atoms with E-state index in [4.69, 9.17) is 4.74 Å². The Labute approximate surface area is 113 Å². The molecule has 0 bridgehead atoms. The Morgan fingerprint density at radius 1 is 1.28 bits per heavy atom. The number of rotatable bonds is 3. The molecule has 0 radical (unpaired) electrons. The molecule has 0 aliphatic heterocycles. The van der Waals surface area contributed by atoms with Gasteiger partial charge in [0.2, 0.25) is 5.88 Å². The largest absolute Gasteiger partial charge is 0.480 e. The summed E-state index contributed by atoms with van der Waals surface area (Å²) in [6.07, 6.45) is 1.61. The maximum absolute atomic E-state index is 12.0. The smallest absolute Gasteiger partial charge is 0.255 e. The number of benzene rings is 1. The first kappa shape index (κ1) is 12.6. The van der Waals surface area contributed by atoms with Crippen molar-refractivity contribution in [3.8, 4) is 5.88 Å². The number of pyridine rings is 1. The summed E-state index contributed by atoms with van der Waals surface area (Å²) in [7, 11) is 1.51. The van der Waals surface area contributed by atoms with Crippen molar-refractivity contribution in [3.63, 3.8) is 0 Å². The molecule has 0 aliphatic carbocycles. The number of nitrogens with one attached hydrogen (secondary N) is 1. The van der Waals surface area contributed by atoms with Crippen LogP contribution in [-0.2, 0) is 0 Å². The van der Waals surface area contributed by atoms with E-state index >= 15 is 0 Å². The van der Waals surface area contributed by atoms with Gasteiger partial charge < -0.3 is 10.1 Å². The minimum absolute atomic E-state index is 0.200. The van der Waals surface area contributed by atoms with Crippen LogP contribution in [0.4, 0.5) is 5.69 Å². The van der Waals surface area contributed by atoms with Crippen LogP contribution in [0.3, 0.4) is 0 Å². The van der Waals surface area contributed by atoms with Crippen molar-refractivity contribution in [1.29, 1.82) is 0 Å². The number of aromatic nitrogens is 1. The number of ether oxygens (including phenoxy) is 1. The van der Waals surface area contributed by atoms with E-state index in [9.17, 15) is 4.79 Å². The molecule has 1 aromatic heterocycles. The number of carbonyl (C=O) groups is 1. The van der Waals surface area contributed by atoms with Crippen LogP contribution >= 0.6 is 15.9 Å². The minimum atomic E-state index is -0.200. The monoisotopic (exact) mass is 306 g/mol. The Morgan fingerprint density at radius 3 is 2.67 bits per heavy atom. The highest BCUT2D eigenvalue weighted by Crippen LogP contribution is 2.21. The zero-order chi connectivity index (χ0) is 13.0. The molecule has 92 valence electrons. The lowest BCUT2D eigenvalue weighted by atomic mass is 10.2. The van der Waals surface area contributed by atoms with Crippen LogP contribution in [0.5, 0.6) is 5.88 Å². The van der Waals surface area contributed by atoms with Crippen LogP contribution in [0.2, 0.25) is 0 Å². The van der Waals surface area contributed by atoms with Gasteiger partial charge in [-0.2, -0.15) is 0 Å². The summed E-state index contributed by atoms with van der Waals surface area (Å²) in [5.74, 6) is 0.191. The van der Waals surface area contributed by atoms with E-state index in [1.54, 1.807) is 30.5 Å². The number of amides is 1. The Bertz CT molecular complexity index is 555. The molecule has 1 heterocycles. The average Bonchev–Trinajstić information content (AvgIpc) is 2.40. The molecule has 0 saturated carbocycles. The molecule has 0 atom stereocenters. The quantitative estimate of drug-likeness (QED) is 0.948. The van der Waals surface area contributed by atoms with Crippen LogP contribution in [-0.4, -0.2) is 18.0 Å². The second kappa shape index (κ2) is 5.64. The molecule has 0 unspecified atom stereocenters. The van der Waals surface area contributed by atoms with Gasteiger partial charge in [-0.05, 0) is 36.4 Å². The number of methoxy groups -OCH3 is 1. The lowest BCUT2D eigenvalue weighted by molar-refractivity contribution is 0.102. The summed E-state index contributed by atoms with van der Waals surface area (Å²) in [4.78, 5) is 16.0. The van der Waals surface area contributed by atoms with Gasteiger partial charge in [0, 0.05) is 16.2 Å². The number of nitrogens with zero attached hydrogens (tertiary/aromatic N) is 1. The molecule has 2 aromatic rings. The highest BCUT2D eigenvalue weighted by molar-refractivity contribution is 9.10. The lowest BCUT2D eigenvalue weighted by Crippen LogP contribution is -2.12. The zero-order valence-corrected chi connectivity index (χ0v) is 11.3. The average molecular weight is 307 g/mol. The van der Waals surface area contributed by atoms with Crippen molar-refractivity contribution < 1.29 is 9.53 Å². The van der Waals surface area contributed by atoms with Crippen molar-refractivity contribution in [2.45, 2.75) is 0 Å². The van der Waals surface area contributed by atoms with Gasteiger partial charge in [0.05, 0.1) is 7.11 Å². The number of hydrogen-bond donors (Lipinski definition) is 1. The topological polar surface area (TPSA) is 51.2 Å². The fourth-order valence-electron chi connectivity index (χ4n) is 1.44. The van der Waals surface area contributed by atoms with Gasteiger partial charge in [0.15, 0.2) is 0 Å². The zero-order valence-electron chi connectivity index (χ0n) is 9.68. The van der Waals surface area contributed by atoms with Crippen LogP contribution in [0, 0.1) is 0 Å². The van der Waals surface area contributed by atoms with E-state index in [-0.39, 0.29) is 5.91 Å². The molecular weight excluding hydrogens is 296 g/mol. The molecule has 4 nitrogen and oxygen atoms in total. The maximum Gasteiger partial charge on any atom is 0.255 e. The van der Waals surface area contributed by atoms with Gasteiger partial charge in [-0.3, -0.25) is 4.79 Å². The fraction of sp³-hybridized carbons (Fsp3) is 0.0769. The van der Waals surface area contributed by atoms with Crippen molar-refractivity contribution in [2.75, 3.05) is 12.4 Å². The second-order valence-electron chi connectivity index (χ2n) is 3.52. The van der Waals surface area contributed by atoms with E-state index in [1.165, 1.54) is 7.11 Å². The SMILES string of the molecule is COc1ncccc1NC(=O)c1ccc(Br)cc1. The highest BCUT2D eigenvalue weighted by atomic mass is 79.9. The first-order chi connectivity index (χ1) is 8.70. The molecule has 0 spiro atoms. The molecule has 0 saturated heterocycles. The van der Waals surface area contributed by atoms with E-state index < -0.39 is 0 Å². The Balaban J connectivity index is 2.18. The Kier molecular flexibility index (Phi) is 3.94. The lowest BCUT2D eigenvalue weighted by Gasteiger charge is -2.08. The van der Waals surface area contributed by atoms with Crippen LogP contribution in [0.15, 0.2) is 47.1 Å². The van der Waals surface area contributed by atoms with Crippen LogP contribution < -0.4 is 10.1 Å². The highest BCUT2D eigenvalue weighted by Gasteiger charge is 2.09. The molecule has 1 aromatic carbocycles. The third-order valence-electron chi connectivity index (χ3n) is 2.32. The molecule has 5 heteroatoms. The summed E-state index contributed by atoms with van der Waals surface area (Å²) in [5, 5.41) is 2.76. The normalized spacial score (nSPS) is 9.89. The van der Waals surface area contributed by atoms with Gasteiger partial charge in [-0.15, -0.1) is 0 Å². The van der Waals surface area contributed by atoms with Gasteiger partial charge in [-0.1, -0.05) is 15.9 Å². The summed E-state index contributed by atoms with van der Waals surface area (Å²) in [6, 6.07) is 10.6. The van der Waals surface area contributed by atoms with Crippen LogP contribution in [0.25, 0.3) is 0 Å². The third-order valence-corrected chi connectivity index (χ3v) is 2.85. The summed E-state index contributed by atoms with van der Waals surface area (Å²) in [6.45, 7) is 0. The first-order valence-electron chi connectivity index (χ1n) is 5.26. The number of anilines is 1. The molecule has 1 N–H and O–H groups in total. The predicted molar refractivity (Wildman–Crippen MR) is 72.9 cm³/mol. The van der Waals surface area contributed by atoms with Gasteiger partial charge in [-0.25, -0.2) is 4.98 Å². The Morgan fingerprint density at radius 2 is 2.00 bits per heavy atom. The molecule has 2 rings (SSSR count). The van der Waals surface area contributed by atoms with Crippen molar-refractivity contribution in [2.24, 2.45) is 0 Å². The van der Waals surface area contributed by atoms with E-state index in [0.29, 0.717) is 17.1 Å². The summed E-state index contributed by atoms with van der Waals surface area (Å²) < 4.78 is 6.00. The summed E-state index contributed by atoms with van der Waals surface area (Å²) >= 11 is 3.32. The van der Waals surface area contributed by atoms with Crippen molar-refractivity contribution in [3.05, 3.63) is 52.6 Å². The first-order valence-corrected chi connectivity index (χ1v) is 6.06. The molecular formula is C13H11BrN2O2. The van der Waals surface area contributed by atoms with Crippen molar-refractivity contribution >= 4 is 27.5 Å². The van der Waals surface area contributed by atoms with E-state index in [0.717, 1.165) is 4.47 Å². The van der Waals surface area contributed by atoms with Crippen LogP contribution in [0.1, 0.15) is 10.4 Å². The molecule has 1 amide bonds. The molecule has 0 fully saturated rings. The third kappa shape index (κ3) is 2.87. The maximum atomic E-state index is 12.0. The number of hydrogen-bond acceptors (Lipinski definition) is 3. The number of halogens is 1. The minimum Gasteiger partial charge on any atom is -0.480 e. The van der Waals surface area contributed by atoms with Gasteiger partial charge in [0.25, 0.3) is 5.91 Å². The van der Waals surface area contributed by atoms with Gasteiger partial charge in [0.1, 0.15) is 5.69 Å². The number of carbonyl (C=O) groups excluding carboxylic acids is 1. The molecule has 18 heavy (non-hydrogen) atoms. The fourth-order valence-corrected chi connectivity index (χ4v) is 1.71. The molecule has 0 aliphatic rings.